The van der Waals surface area contributed by atoms with Gasteiger partial charge in [-0.1, -0.05) is 19.8 Å². The molecule has 3 aliphatic heterocycles. The number of carbonyl (C=O) groups excluding carboxylic acids is 2. The van der Waals surface area contributed by atoms with Crippen molar-refractivity contribution in [1.29, 1.82) is 0 Å². The maximum absolute atomic E-state index is 14.4. The first kappa shape index (κ1) is 24.7. The molecule has 0 bridgehead atoms. The van der Waals surface area contributed by atoms with Gasteiger partial charge in [0.25, 0.3) is 5.91 Å². The number of nitrogens with zero attached hydrogens (tertiary/aromatic N) is 3. The number of hydrogen-bond acceptors (Lipinski definition) is 5. The van der Waals surface area contributed by atoms with Crippen molar-refractivity contribution in [3.8, 4) is 5.75 Å². The third-order valence-corrected chi connectivity index (χ3v) is 7.86. The highest BCUT2D eigenvalue weighted by atomic mass is 19.1. The van der Waals surface area contributed by atoms with E-state index in [1.807, 2.05) is 7.05 Å². The first-order chi connectivity index (χ1) is 16.3. The zero-order valence-electron chi connectivity index (χ0n) is 20.3. The Morgan fingerprint density at radius 1 is 1.15 bits per heavy atom. The number of amides is 2. The third kappa shape index (κ3) is 4.59. The molecule has 0 aromatic heterocycles. The maximum atomic E-state index is 14.4. The molecule has 3 saturated heterocycles. The van der Waals surface area contributed by atoms with Crippen molar-refractivity contribution in [2.24, 2.45) is 0 Å². The van der Waals surface area contributed by atoms with Gasteiger partial charge in [-0.05, 0) is 19.3 Å². The number of likely N-dealkylation sites (tertiary alicyclic amines) is 2. The van der Waals surface area contributed by atoms with Gasteiger partial charge in [0.05, 0.1) is 13.2 Å². The molecule has 4 rings (SSSR count). The first-order valence-electron chi connectivity index (χ1n) is 12.3. The molecule has 2 amide bonds. The van der Waals surface area contributed by atoms with Gasteiger partial charge in [-0.15, -0.1) is 0 Å². The smallest absolute Gasteiger partial charge is 0.410 e. The topological polar surface area (TPSA) is 62.3 Å². The molecule has 1 aromatic rings. The lowest BCUT2D eigenvalue weighted by atomic mass is 9.81. The Balaban J connectivity index is 1.34. The van der Waals surface area contributed by atoms with Crippen molar-refractivity contribution < 1.29 is 27.8 Å². The van der Waals surface area contributed by atoms with E-state index >= 15 is 0 Å². The average molecular weight is 480 g/mol. The van der Waals surface area contributed by atoms with Crippen LogP contribution < -0.4 is 4.74 Å². The van der Waals surface area contributed by atoms with Crippen LogP contribution >= 0.6 is 0 Å². The fourth-order valence-corrected chi connectivity index (χ4v) is 5.82. The van der Waals surface area contributed by atoms with Crippen molar-refractivity contribution in [2.45, 2.75) is 69.6 Å². The van der Waals surface area contributed by atoms with Gasteiger partial charge in [0.1, 0.15) is 28.5 Å². The van der Waals surface area contributed by atoms with Crippen LogP contribution in [0.5, 0.6) is 5.75 Å². The number of likely N-dealkylation sites (N-methyl/N-ethyl adjacent to an activating group) is 1. The van der Waals surface area contributed by atoms with Gasteiger partial charge >= 0.3 is 6.09 Å². The van der Waals surface area contributed by atoms with Crippen LogP contribution in [0.15, 0.2) is 12.1 Å². The van der Waals surface area contributed by atoms with Gasteiger partial charge in [-0.25, -0.2) is 13.6 Å². The molecule has 3 heterocycles. The molecule has 3 fully saturated rings. The molecule has 3 aliphatic rings. The number of unbranched alkanes of at least 4 members (excludes halogenated alkanes) is 1. The minimum Gasteiger partial charge on any atom is -0.497 e. The van der Waals surface area contributed by atoms with Gasteiger partial charge < -0.3 is 19.3 Å². The Morgan fingerprint density at radius 3 is 2.32 bits per heavy atom. The van der Waals surface area contributed by atoms with E-state index in [0.717, 1.165) is 70.2 Å². The summed E-state index contributed by atoms with van der Waals surface area (Å²) in [5, 5.41) is 0. The highest BCUT2D eigenvalue weighted by molar-refractivity contribution is 5.95. The van der Waals surface area contributed by atoms with E-state index in [2.05, 4.69) is 11.8 Å². The highest BCUT2D eigenvalue weighted by Crippen LogP contribution is 2.41. The fraction of sp³-hybridized carbons (Fsp3) is 0.680. The molecule has 0 radical (unpaired) electrons. The summed E-state index contributed by atoms with van der Waals surface area (Å²) in [5.41, 5.74) is -0.929. The predicted molar refractivity (Wildman–Crippen MR) is 123 cm³/mol. The van der Waals surface area contributed by atoms with Gasteiger partial charge in [0.2, 0.25) is 0 Å². The number of carbonyl (C=O) groups is 2. The molecule has 1 spiro atoms. The highest BCUT2D eigenvalue weighted by Gasteiger charge is 2.53. The summed E-state index contributed by atoms with van der Waals surface area (Å²) in [6, 6.07) is 2.49. The first-order valence-corrected chi connectivity index (χ1v) is 12.3. The van der Waals surface area contributed by atoms with Gasteiger partial charge in [0, 0.05) is 64.2 Å². The Bertz CT molecular complexity index is 888. The number of hydrogen-bond donors (Lipinski definition) is 0. The zero-order chi connectivity index (χ0) is 24.5. The second-order valence-corrected chi connectivity index (χ2v) is 9.73. The fourth-order valence-electron chi connectivity index (χ4n) is 5.82. The molecule has 0 saturated carbocycles. The molecule has 7 nitrogen and oxygen atoms in total. The Labute approximate surface area is 200 Å². The monoisotopic (exact) mass is 479 g/mol. The molecule has 0 aliphatic carbocycles. The average Bonchev–Trinajstić information content (AvgIpc) is 3.06. The Kier molecular flexibility index (Phi) is 7.31. The van der Waals surface area contributed by atoms with E-state index in [1.165, 1.54) is 12.0 Å². The summed E-state index contributed by atoms with van der Waals surface area (Å²) in [4.78, 5) is 30.8. The summed E-state index contributed by atoms with van der Waals surface area (Å²) in [6.45, 7) is 4.73. The van der Waals surface area contributed by atoms with Crippen LogP contribution in [0.25, 0.3) is 0 Å². The van der Waals surface area contributed by atoms with E-state index in [4.69, 9.17) is 9.47 Å². The summed E-state index contributed by atoms with van der Waals surface area (Å²) in [7, 11) is 3.16. The molecule has 1 atom stereocenters. The Morgan fingerprint density at radius 2 is 1.76 bits per heavy atom. The quantitative estimate of drug-likeness (QED) is 0.616. The van der Waals surface area contributed by atoms with Crippen LogP contribution in [-0.4, -0.2) is 84.7 Å². The van der Waals surface area contributed by atoms with E-state index in [9.17, 15) is 18.4 Å². The summed E-state index contributed by atoms with van der Waals surface area (Å²) in [5.74, 6) is -2.38. The second kappa shape index (κ2) is 10.1. The van der Waals surface area contributed by atoms with Crippen LogP contribution in [0.2, 0.25) is 0 Å². The molecule has 9 heteroatoms. The number of benzene rings is 1. The third-order valence-electron chi connectivity index (χ3n) is 7.86. The van der Waals surface area contributed by atoms with Crippen molar-refractivity contribution in [1.82, 2.24) is 14.7 Å². The van der Waals surface area contributed by atoms with Crippen molar-refractivity contribution in [2.75, 3.05) is 40.3 Å². The normalized spacial score (nSPS) is 23.4. The lowest BCUT2D eigenvalue weighted by Gasteiger charge is -2.46. The van der Waals surface area contributed by atoms with Crippen LogP contribution in [0.3, 0.4) is 0 Å². The predicted octanol–water partition coefficient (Wildman–Crippen LogP) is 4.05. The molecular formula is C25H35F2N3O4. The number of methoxy groups -OCH3 is 1. The number of halogens is 2. The number of piperidine rings is 2. The minimum absolute atomic E-state index is 0.0456. The summed E-state index contributed by atoms with van der Waals surface area (Å²) < 4.78 is 39.5. The van der Waals surface area contributed by atoms with E-state index in [-0.39, 0.29) is 17.9 Å². The van der Waals surface area contributed by atoms with Gasteiger partial charge in [-0.2, -0.15) is 0 Å². The molecule has 1 aromatic carbocycles. The largest absolute Gasteiger partial charge is 0.497 e. The zero-order valence-corrected chi connectivity index (χ0v) is 20.3. The standard InChI is InChI=1S/C25H35F2N3O4/c1-4-5-6-21-25(34-24(32)28(21)2)9-13-29(14-10-25)17-7-11-30(12-8-17)23(31)22-19(26)15-18(33-3)16-20(22)27/h15-17,21H,4-14H2,1-3H3. The van der Waals surface area contributed by atoms with E-state index < -0.39 is 28.7 Å². The van der Waals surface area contributed by atoms with Crippen molar-refractivity contribution in [3.63, 3.8) is 0 Å². The van der Waals surface area contributed by atoms with Gasteiger partial charge in [-0.3, -0.25) is 9.69 Å². The summed E-state index contributed by atoms with van der Waals surface area (Å²) >= 11 is 0. The van der Waals surface area contributed by atoms with E-state index in [0.29, 0.717) is 19.1 Å². The maximum Gasteiger partial charge on any atom is 0.410 e. The number of rotatable bonds is 6. The molecular weight excluding hydrogens is 444 g/mol. The second-order valence-electron chi connectivity index (χ2n) is 9.73. The Hall–Kier alpha value is -2.42. The molecule has 34 heavy (non-hydrogen) atoms. The van der Waals surface area contributed by atoms with Crippen LogP contribution in [0, 0.1) is 11.6 Å². The van der Waals surface area contributed by atoms with Gasteiger partial charge in [0.15, 0.2) is 0 Å². The SMILES string of the molecule is CCCCC1N(C)C(=O)OC12CCN(C1CCN(C(=O)c3c(F)cc(OC)cc3F)CC1)CC2. The summed E-state index contributed by atoms with van der Waals surface area (Å²) in [6.07, 6.45) is 5.99. The van der Waals surface area contributed by atoms with Crippen LogP contribution in [0.4, 0.5) is 13.6 Å². The lowest BCUT2D eigenvalue weighted by Crippen LogP contribution is -2.55. The van der Waals surface area contributed by atoms with Crippen LogP contribution in [-0.2, 0) is 4.74 Å². The minimum atomic E-state index is -0.904. The molecule has 0 N–H and O–H groups in total. The van der Waals surface area contributed by atoms with Crippen LogP contribution in [0.1, 0.15) is 62.2 Å². The number of ether oxygens (including phenoxy) is 2. The lowest BCUT2D eigenvalue weighted by molar-refractivity contribution is -0.0375. The molecule has 1 unspecified atom stereocenters. The molecule has 188 valence electrons. The van der Waals surface area contributed by atoms with Crippen molar-refractivity contribution in [3.05, 3.63) is 29.3 Å². The van der Waals surface area contributed by atoms with Crippen molar-refractivity contribution >= 4 is 12.0 Å². The van der Waals surface area contributed by atoms with E-state index in [1.54, 1.807) is 4.90 Å².